The van der Waals surface area contributed by atoms with Crippen LogP contribution in [0.4, 0.5) is 11.5 Å². The number of nitrogens with one attached hydrogen (secondary N) is 1. The summed E-state index contributed by atoms with van der Waals surface area (Å²) in [4.78, 5) is 21.2. The lowest BCUT2D eigenvalue weighted by molar-refractivity contribution is 0.0601. The van der Waals surface area contributed by atoms with E-state index in [1.807, 2.05) is 54.6 Å². The summed E-state index contributed by atoms with van der Waals surface area (Å²) in [7, 11) is 1.36. The predicted octanol–water partition coefficient (Wildman–Crippen LogP) is 5.90. The summed E-state index contributed by atoms with van der Waals surface area (Å²) in [6.45, 7) is 0. The van der Waals surface area contributed by atoms with Gasteiger partial charge in [0.05, 0.1) is 23.2 Å². The second kappa shape index (κ2) is 8.90. The van der Waals surface area contributed by atoms with Gasteiger partial charge in [0.15, 0.2) is 5.82 Å². The first-order valence-electron chi connectivity index (χ1n) is 8.63. The molecule has 1 heterocycles. The molecule has 0 atom stereocenters. The molecule has 5 nitrogen and oxygen atoms in total. The van der Waals surface area contributed by atoms with Crippen LogP contribution in [0.15, 0.2) is 72.8 Å². The lowest BCUT2D eigenvalue weighted by atomic mass is 10.1. The highest BCUT2D eigenvalue weighted by Crippen LogP contribution is 2.30. The Labute approximate surface area is 179 Å². The van der Waals surface area contributed by atoms with Crippen molar-refractivity contribution in [2.75, 3.05) is 12.4 Å². The van der Waals surface area contributed by atoms with Gasteiger partial charge < -0.3 is 10.1 Å². The molecule has 3 aromatic carbocycles. The number of carbonyl (C=O) groups is 1. The Morgan fingerprint density at radius 2 is 1.72 bits per heavy atom. The lowest BCUT2D eigenvalue weighted by Gasteiger charge is -2.12. The number of esters is 1. The van der Waals surface area contributed by atoms with Gasteiger partial charge in [-0.15, -0.1) is 12.4 Å². The normalized spacial score (nSPS) is 10.3. The van der Waals surface area contributed by atoms with E-state index in [1.165, 1.54) is 7.11 Å². The molecule has 0 radical (unpaired) electrons. The van der Waals surface area contributed by atoms with E-state index in [9.17, 15) is 4.79 Å². The topological polar surface area (TPSA) is 64.1 Å². The van der Waals surface area contributed by atoms with Crippen molar-refractivity contribution >= 4 is 52.4 Å². The van der Waals surface area contributed by atoms with Crippen LogP contribution >= 0.6 is 24.0 Å². The number of rotatable bonds is 4. The molecule has 0 amide bonds. The van der Waals surface area contributed by atoms with Crippen molar-refractivity contribution in [1.82, 2.24) is 9.97 Å². The maximum absolute atomic E-state index is 11.8. The van der Waals surface area contributed by atoms with E-state index < -0.39 is 5.97 Å². The van der Waals surface area contributed by atoms with Crippen molar-refractivity contribution < 1.29 is 9.53 Å². The van der Waals surface area contributed by atoms with Crippen LogP contribution in [0.1, 0.15) is 10.4 Å². The second-order valence-corrected chi connectivity index (χ2v) is 6.50. The molecule has 0 aliphatic heterocycles. The molecular weight excluding hydrogens is 409 g/mol. The van der Waals surface area contributed by atoms with Crippen LogP contribution in [-0.2, 0) is 4.74 Å². The summed E-state index contributed by atoms with van der Waals surface area (Å²) >= 11 is 6.34. The molecule has 7 heteroatoms. The van der Waals surface area contributed by atoms with Gasteiger partial charge in [0.2, 0.25) is 0 Å². The number of carbonyl (C=O) groups excluding carboxylic acids is 1. The molecule has 0 saturated carbocycles. The van der Waals surface area contributed by atoms with Gasteiger partial charge in [0.1, 0.15) is 5.82 Å². The molecular formula is C22H17Cl2N3O2. The largest absolute Gasteiger partial charge is 0.465 e. The summed E-state index contributed by atoms with van der Waals surface area (Å²) in [5, 5.41) is 4.74. The highest BCUT2D eigenvalue weighted by atomic mass is 35.5. The number of benzene rings is 3. The third-order valence-corrected chi connectivity index (χ3v) is 4.59. The Hall–Kier alpha value is -3.15. The van der Waals surface area contributed by atoms with Crippen molar-refractivity contribution in [2.45, 2.75) is 0 Å². The van der Waals surface area contributed by atoms with Crippen molar-refractivity contribution in [3.8, 4) is 11.4 Å². The van der Waals surface area contributed by atoms with E-state index >= 15 is 0 Å². The van der Waals surface area contributed by atoms with E-state index in [-0.39, 0.29) is 12.4 Å². The first-order valence-corrected chi connectivity index (χ1v) is 9.00. The summed E-state index contributed by atoms with van der Waals surface area (Å²) in [5.74, 6) is 0.756. The number of anilines is 2. The number of halogens is 2. The van der Waals surface area contributed by atoms with Crippen molar-refractivity contribution in [1.29, 1.82) is 0 Å². The van der Waals surface area contributed by atoms with Crippen LogP contribution < -0.4 is 5.32 Å². The van der Waals surface area contributed by atoms with E-state index in [4.69, 9.17) is 21.3 Å². The average Bonchev–Trinajstić information content (AvgIpc) is 2.73. The van der Waals surface area contributed by atoms with E-state index in [1.54, 1.807) is 18.2 Å². The number of fused-ring (bicyclic) bond motifs is 1. The minimum absolute atomic E-state index is 0. The van der Waals surface area contributed by atoms with Crippen LogP contribution in [0, 0.1) is 0 Å². The second-order valence-electron chi connectivity index (χ2n) is 6.09. The number of ether oxygens (including phenoxy) is 1. The number of nitrogens with zero attached hydrogens (tertiary/aromatic N) is 2. The third-order valence-electron chi connectivity index (χ3n) is 4.26. The molecule has 1 aromatic heterocycles. The SMILES string of the molecule is COC(=O)c1cccc(Nc2nc(-c3ccccc3Cl)nc3ccccc23)c1.Cl. The van der Waals surface area contributed by atoms with Gasteiger partial charge in [0, 0.05) is 16.6 Å². The van der Waals surface area contributed by atoms with Crippen LogP contribution in [0.25, 0.3) is 22.3 Å². The van der Waals surface area contributed by atoms with Gasteiger partial charge in [-0.3, -0.25) is 0 Å². The number of methoxy groups -OCH3 is 1. The Morgan fingerprint density at radius 1 is 0.966 bits per heavy atom. The molecule has 4 rings (SSSR count). The Morgan fingerprint density at radius 3 is 2.52 bits per heavy atom. The molecule has 0 bridgehead atoms. The van der Waals surface area contributed by atoms with Crippen molar-refractivity contribution in [2.24, 2.45) is 0 Å². The predicted molar refractivity (Wildman–Crippen MR) is 118 cm³/mol. The fourth-order valence-corrected chi connectivity index (χ4v) is 3.13. The minimum Gasteiger partial charge on any atom is -0.465 e. The zero-order valence-electron chi connectivity index (χ0n) is 15.4. The zero-order valence-corrected chi connectivity index (χ0v) is 17.0. The average molecular weight is 426 g/mol. The maximum atomic E-state index is 11.8. The van der Waals surface area contributed by atoms with E-state index in [0.717, 1.165) is 22.2 Å². The molecule has 0 aliphatic carbocycles. The van der Waals surface area contributed by atoms with Gasteiger partial charge >= 0.3 is 5.97 Å². The van der Waals surface area contributed by atoms with Crippen LogP contribution in [0.5, 0.6) is 0 Å². The fourth-order valence-electron chi connectivity index (χ4n) is 2.91. The molecule has 0 aliphatic rings. The first-order chi connectivity index (χ1) is 13.7. The van der Waals surface area contributed by atoms with Crippen LogP contribution in [-0.4, -0.2) is 23.0 Å². The highest BCUT2D eigenvalue weighted by molar-refractivity contribution is 6.33. The van der Waals surface area contributed by atoms with Gasteiger partial charge in [0.25, 0.3) is 0 Å². The minimum atomic E-state index is -0.395. The van der Waals surface area contributed by atoms with Crippen LogP contribution in [0.3, 0.4) is 0 Å². The zero-order chi connectivity index (χ0) is 19.5. The van der Waals surface area contributed by atoms with Gasteiger partial charge in [-0.2, -0.15) is 0 Å². The molecule has 0 fully saturated rings. The smallest absolute Gasteiger partial charge is 0.337 e. The first kappa shape index (κ1) is 20.6. The molecule has 0 spiro atoms. The van der Waals surface area contributed by atoms with Gasteiger partial charge in [-0.25, -0.2) is 14.8 Å². The standard InChI is InChI=1S/C22H16ClN3O2.ClH/c1-28-22(27)14-7-6-8-15(13-14)24-21-17-10-3-5-12-19(17)25-20(26-21)16-9-2-4-11-18(16)23;/h2-13H,1H3,(H,24,25,26);1H. The van der Waals surface area contributed by atoms with E-state index in [2.05, 4.69) is 10.3 Å². The Bertz CT molecular complexity index is 1180. The van der Waals surface area contributed by atoms with Gasteiger partial charge in [-0.05, 0) is 42.5 Å². The quantitative estimate of drug-likeness (QED) is 0.412. The number of hydrogen-bond donors (Lipinski definition) is 1. The van der Waals surface area contributed by atoms with Crippen molar-refractivity contribution in [3.05, 3.63) is 83.4 Å². The summed E-state index contributed by atoms with van der Waals surface area (Å²) in [5.41, 5.74) is 2.72. The number of para-hydroxylation sites is 1. The molecule has 0 unspecified atom stereocenters. The summed E-state index contributed by atoms with van der Waals surface area (Å²) < 4.78 is 4.79. The monoisotopic (exact) mass is 425 g/mol. The maximum Gasteiger partial charge on any atom is 0.337 e. The number of aromatic nitrogens is 2. The summed E-state index contributed by atoms with van der Waals surface area (Å²) in [6.07, 6.45) is 0. The van der Waals surface area contributed by atoms with Crippen LogP contribution in [0.2, 0.25) is 5.02 Å². The van der Waals surface area contributed by atoms with Gasteiger partial charge in [-0.1, -0.05) is 41.9 Å². The summed E-state index contributed by atoms with van der Waals surface area (Å²) in [6, 6.07) is 22.2. The fraction of sp³-hybridized carbons (Fsp3) is 0.0455. The molecule has 4 aromatic rings. The number of hydrogen-bond acceptors (Lipinski definition) is 5. The highest BCUT2D eigenvalue weighted by Gasteiger charge is 2.13. The Balaban J connectivity index is 0.00000240. The third kappa shape index (κ3) is 4.31. The molecule has 0 saturated heterocycles. The van der Waals surface area contributed by atoms with Crippen molar-refractivity contribution in [3.63, 3.8) is 0 Å². The van der Waals surface area contributed by atoms with E-state index in [0.29, 0.717) is 22.2 Å². The Kier molecular flexibility index (Phi) is 6.32. The lowest BCUT2D eigenvalue weighted by Crippen LogP contribution is -2.03. The molecule has 146 valence electrons. The molecule has 1 N–H and O–H groups in total. The molecule has 29 heavy (non-hydrogen) atoms.